The summed E-state index contributed by atoms with van der Waals surface area (Å²) in [5.41, 5.74) is 5.20. The number of nitrogens with zero attached hydrogens (tertiary/aromatic N) is 3. The van der Waals surface area contributed by atoms with Crippen LogP contribution in [-0.2, 0) is 10.8 Å². The summed E-state index contributed by atoms with van der Waals surface area (Å²) in [6.07, 6.45) is -0.632. The number of rotatable bonds is 9. The van der Waals surface area contributed by atoms with Crippen molar-refractivity contribution in [3.63, 3.8) is 0 Å². The molecule has 0 aliphatic rings. The van der Waals surface area contributed by atoms with Gasteiger partial charge < -0.3 is 5.11 Å². The third-order valence-corrected chi connectivity index (χ3v) is 12.5. The molecule has 0 saturated carbocycles. The Morgan fingerprint density at radius 1 is 0.588 bits per heavy atom. The van der Waals surface area contributed by atoms with E-state index in [2.05, 4.69) is 25.8 Å². The second-order valence-corrected chi connectivity index (χ2v) is 20.0. The summed E-state index contributed by atoms with van der Waals surface area (Å²) in [5, 5.41) is 12.7. The zero-order chi connectivity index (χ0) is 61.2. The number of aromatic hydroxyl groups is 1. The summed E-state index contributed by atoms with van der Waals surface area (Å²) in [7, 11) is 0. The molecule has 0 radical (unpaired) electrons. The molecular formula is C64H65N3O. The monoisotopic (exact) mass is 907 g/mol. The number of aromatic nitrogens is 3. The van der Waals surface area contributed by atoms with Crippen molar-refractivity contribution in [3.05, 3.63) is 191 Å². The number of aryl methyl sites for hydroxylation is 1. The van der Waals surface area contributed by atoms with Gasteiger partial charge in [-0.2, -0.15) is 0 Å². The van der Waals surface area contributed by atoms with Gasteiger partial charge in [-0.3, -0.25) is 9.55 Å². The van der Waals surface area contributed by atoms with Gasteiger partial charge in [0.05, 0.1) is 37.6 Å². The SMILES string of the molecule is [2H]c1nc(-c2cc(-c3cccc4c3nc(-c3cc(C([2H])(C)C)cc(C([2H])(C)C)c3O)n4-c3cc(-c4ccccc4)c(C([2H])([2H])[2H])cc3-c3ccc(C(C)(C)C)cc3)cc(C(C)(C)C)c2)c([2H])c(-c2c([2H])c([2H])c(C([2H])([2H])[2H])c([2H])c2[2H])c1[2H]. The minimum absolute atomic E-state index is 0.102. The Balaban J connectivity index is 1.43. The molecule has 342 valence electrons. The number of para-hydroxylation sites is 1. The molecular weight excluding hydrogens is 827 g/mol. The van der Waals surface area contributed by atoms with Crippen LogP contribution in [0.4, 0.5) is 0 Å². The van der Waals surface area contributed by atoms with Crippen LogP contribution in [0.3, 0.4) is 0 Å². The fourth-order valence-electron chi connectivity index (χ4n) is 8.61. The van der Waals surface area contributed by atoms with Crippen molar-refractivity contribution < 1.29 is 25.7 Å². The van der Waals surface area contributed by atoms with E-state index in [1.165, 1.54) is 0 Å². The number of hydrogen-bond donors (Lipinski definition) is 1. The van der Waals surface area contributed by atoms with Gasteiger partial charge in [0.2, 0.25) is 0 Å². The van der Waals surface area contributed by atoms with Crippen LogP contribution in [0.15, 0.2) is 158 Å². The summed E-state index contributed by atoms with van der Waals surface area (Å²) < 4.78 is 134. The van der Waals surface area contributed by atoms with Crippen molar-refractivity contribution in [2.75, 3.05) is 0 Å². The van der Waals surface area contributed by atoms with Crippen LogP contribution in [0.2, 0.25) is 0 Å². The van der Waals surface area contributed by atoms with Gasteiger partial charge >= 0.3 is 0 Å². The van der Waals surface area contributed by atoms with Gasteiger partial charge in [0.15, 0.2) is 0 Å². The normalized spacial score (nSPS) is 16.0. The highest BCUT2D eigenvalue weighted by Gasteiger charge is 2.27. The number of imidazole rings is 1. The lowest BCUT2D eigenvalue weighted by molar-refractivity contribution is 0.466. The molecule has 0 amide bonds. The third-order valence-electron chi connectivity index (χ3n) is 12.5. The van der Waals surface area contributed by atoms with Gasteiger partial charge in [0, 0.05) is 33.8 Å². The molecule has 0 unspecified atom stereocenters. The molecule has 0 fully saturated rings. The highest BCUT2D eigenvalue weighted by molar-refractivity contribution is 5.98. The lowest BCUT2D eigenvalue weighted by Gasteiger charge is -2.22. The minimum Gasteiger partial charge on any atom is -0.507 e. The van der Waals surface area contributed by atoms with Crippen LogP contribution >= 0.6 is 0 Å². The number of hydrogen-bond acceptors (Lipinski definition) is 3. The molecule has 0 spiro atoms. The molecule has 9 rings (SSSR count). The Bertz CT molecular complexity index is 4030. The van der Waals surface area contributed by atoms with Crippen molar-refractivity contribution in [3.8, 4) is 78.6 Å². The fraction of sp³-hybridized carbons (Fsp3) is 0.250. The van der Waals surface area contributed by atoms with E-state index in [4.69, 9.17) is 21.4 Å². The van der Waals surface area contributed by atoms with Crippen molar-refractivity contribution in [1.29, 1.82) is 0 Å². The van der Waals surface area contributed by atoms with E-state index in [0.29, 0.717) is 55.7 Å². The van der Waals surface area contributed by atoms with E-state index < -0.39 is 90.0 Å². The van der Waals surface area contributed by atoms with Crippen LogP contribution in [0.25, 0.3) is 83.9 Å². The molecule has 0 bridgehead atoms. The summed E-state index contributed by atoms with van der Waals surface area (Å²) in [5.74, 6) is -2.63. The molecule has 68 heavy (non-hydrogen) atoms. The van der Waals surface area contributed by atoms with Gasteiger partial charge in [0.1, 0.15) is 11.6 Å². The molecule has 0 atom stereocenters. The Morgan fingerprint density at radius 2 is 1.29 bits per heavy atom. The highest BCUT2D eigenvalue weighted by atomic mass is 16.3. The van der Waals surface area contributed by atoms with Crippen molar-refractivity contribution in [1.82, 2.24) is 14.5 Å². The second kappa shape index (κ2) is 17.9. The van der Waals surface area contributed by atoms with Gasteiger partial charge in [-0.1, -0.05) is 178 Å². The van der Waals surface area contributed by atoms with E-state index in [9.17, 15) is 9.22 Å². The van der Waals surface area contributed by atoms with Crippen LogP contribution in [0, 0.1) is 13.7 Å². The van der Waals surface area contributed by atoms with Crippen molar-refractivity contribution in [2.24, 2.45) is 0 Å². The minimum atomic E-state index is -3.01. The topological polar surface area (TPSA) is 50.9 Å². The standard InChI is InChI=1S/C64H65N3O/c1-39(2)47-35-53(40(3)4)61(68)56(36-47)62-66-60-52(48-32-49(34-51(33-48)64(10,11)12)57-37-46(29-30-65-57)43-23-21-41(5)22-24-43)19-16-20-58(60)67(62)59-38-54(44-17-14-13-15-18-44)42(6)31-55(59)45-25-27-50(28-26-45)63(7,8)9/h13-40,68H,1-12H3/i5D3,6D3,21D,22D,23D,24D,29D,30D,37D,39D,40D. The summed E-state index contributed by atoms with van der Waals surface area (Å²) in [6.45, 7) is 13.4. The fourth-order valence-corrected chi connectivity index (χ4v) is 8.61. The maximum atomic E-state index is 12.7. The first-order chi connectivity index (χ1) is 38.3. The largest absolute Gasteiger partial charge is 0.507 e. The Labute approximate surface area is 425 Å². The highest BCUT2D eigenvalue weighted by Crippen LogP contribution is 2.46. The number of fused-ring (bicyclic) bond motifs is 1. The predicted molar refractivity (Wildman–Crippen MR) is 288 cm³/mol. The molecule has 4 nitrogen and oxygen atoms in total. The van der Waals surface area contributed by atoms with Crippen molar-refractivity contribution >= 4 is 11.0 Å². The van der Waals surface area contributed by atoms with Crippen LogP contribution in [0.1, 0.15) is 135 Å². The third kappa shape index (κ3) is 8.93. The Kier molecular flexibility index (Phi) is 8.18. The van der Waals surface area contributed by atoms with Gasteiger partial charge in [0.25, 0.3) is 0 Å². The van der Waals surface area contributed by atoms with E-state index in [0.717, 1.165) is 11.1 Å². The molecule has 0 aliphatic carbocycles. The van der Waals surface area contributed by atoms with E-state index >= 15 is 0 Å². The maximum absolute atomic E-state index is 12.7. The van der Waals surface area contributed by atoms with Crippen LogP contribution in [0.5, 0.6) is 5.75 Å². The van der Waals surface area contributed by atoms with Crippen LogP contribution in [-0.4, -0.2) is 19.6 Å². The zero-order valence-corrected chi connectivity index (χ0v) is 40.3. The van der Waals surface area contributed by atoms with E-state index in [1.54, 1.807) is 58.0 Å². The van der Waals surface area contributed by atoms with E-state index in [1.807, 2.05) is 110 Å². The summed E-state index contributed by atoms with van der Waals surface area (Å²) >= 11 is 0. The number of phenolic OH excluding ortho intramolecular Hbond substituents is 1. The zero-order valence-electron chi connectivity index (χ0n) is 55.3. The van der Waals surface area contributed by atoms with Crippen molar-refractivity contribution in [2.45, 2.75) is 106 Å². The Morgan fingerprint density at radius 3 is 1.96 bits per heavy atom. The lowest BCUT2D eigenvalue weighted by atomic mass is 9.83. The van der Waals surface area contributed by atoms with Crippen LogP contribution < -0.4 is 0 Å². The number of phenols is 1. The van der Waals surface area contributed by atoms with Gasteiger partial charge in [-0.15, -0.1) is 0 Å². The molecule has 9 aromatic rings. The average Bonchev–Trinajstić information content (AvgIpc) is 4.03. The number of pyridine rings is 1. The molecule has 7 aromatic carbocycles. The molecule has 0 saturated heterocycles. The van der Waals surface area contributed by atoms with Gasteiger partial charge in [-0.25, -0.2) is 4.98 Å². The summed E-state index contributed by atoms with van der Waals surface area (Å²) in [4.78, 5) is 9.95. The predicted octanol–water partition coefficient (Wildman–Crippen LogP) is 17.6. The quantitative estimate of drug-likeness (QED) is 0.157. The first-order valence-electron chi connectivity index (χ1n) is 30.3. The molecule has 4 heteroatoms. The molecule has 1 N–H and O–H groups in total. The smallest absolute Gasteiger partial charge is 0.149 e. The van der Waals surface area contributed by atoms with E-state index in [-0.39, 0.29) is 44.9 Å². The molecule has 2 heterocycles. The average molecular weight is 907 g/mol. The summed E-state index contributed by atoms with van der Waals surface area (Å²) in [6, 6.07) is 30.7. The first-order valence-corrected chi connectivity index (χ1v) is 22.8. The second-order valence-electron chi connectivity index (χ2n) is 20.0. The molecule has 0 aliphatic heterocycles. The number of benzene rings is 7. The molecule has 2 aromatic heterocycles. The maximum Gasteiger partial charge on any atom is 0.149 e. The first kappa shape index (κ1) is 31.1. The van der Waals surface area contributed by atoms with Gasteiger partial charge in [-0.05, 0) is 146 Å². The Hall–Kier alpha value is -7.04. The lowest BCUT2D eigenvalue weighted by Crippen LogP contribution is -2.11.